The number of aliphatic hydroxyl groups excluding tert-OH is 1. The van der Waals surface area contributed by atoms with Gasteiger partial charge in [-0.2, -0.15) is 0 Å². The van der Waals surface area contributed by atoms with Gasteiger partial charge in [0, 0.05) is 25.7 Å². The van der Waals surface area contributed by atoms with E-state index >= 15 is 0 Å². The lowest BCUT2D eigenvalue weighted by Crippen LogP contribution is -2.30. The van der Waals surface area contributed by atoms with Gasteiger partial charge in [0.05, 0.1) is 26.4 Å². The van der Waals surface area contributed by atoms with Crippen molar-refractivity contribution in [2.24, 2.45) is 23.7 Å². The quantitative estimate of drug-likeness (QED) is 0.0222. The van der Waals surface area contributed by atoms with Crippen molar-refractivity contribution in [3.8, 4) is 0 Å². The second kappa shape index (κ2) is 72.9. The molecular weight excluding hydrogens is 1340 g/mol. The van der Waals surface area contributed by atoms with Gasteiger partial charge in [-0.25, -0.2) is 9.13 Å². The van der Waals surface area contributed by atoms with Gasteiger partial charge in [-0.15, -0.1) is 0 Å². The third kappa shape index (κ3) is 78.0. The van der Waals surface area contributed by atoms with Crippen molar-refractivity contribution in [2.45, 2.75) is 453 Å². The summed E-state index contributed by atoms with van der Waals surface area (Å²) >= 11 is 0. The first-order valence-electron chi connectivity index (χ1n) is 43.2. The summed E-state index contributed by atoms with van der Waals surface area (Å²) in [7, 11) is -9.93. The summed E-state index contributed by atoms with van der Waals surface area (Å²) in [4.78, 5) is 73.2. The second-order valence-electron chi connectivity index (χ2n) is 32.1. The largest absolute Gasteiger partial charge is 0.472 e. The molecule has 0 amide bonds. The molecule has 0 heterocycles. The Hall–Kier alpha value is -1.94. The van der Waals surface area contributed by atoms with E-state index in [1.54, 1.807) is 0 Å². The Morgan fingerprint density at radius 2 is 0.408 bits per heavy atom. The molecule has 612 valence electrons. The fourth-order valence-electron chi connectivity index (χ4n) is 13.0. The number of phosphoric ester groups is 2. The first-order chi connectivity index (χ1) is 49.6. The van der Waals surface area contributed by atoms with Gasteiger partial charge in [0.25, 0.3) is 0 Å². The molecule has 0 aromatic heterocycles. The number of rotatable bonds is 81. The zero-order valence-corrected chi connectivity index (χ0v) is 69.7. The fourth-order valence-corrected chi connectivity index (χ4v) is 14.5. The van der Waals surface area contributed by atoms with Crippen LogP contribution < -0.4 is 0 Å². The van der Waals surface area contributed by atoms with E-state index in [-0.39, 0.29) is 25.7 Å². The maximum absolute atomic E-state index is 13.1. The zero-order chi connectivity index (χ0) is 76.0. The highest BCUT2D eigenvalue weighted by Gasteiger charge is 2.30. The van der Waals surface area contributed by atoms with Crippen LogP contribution in [0.4, 0.5) is 0 Å². The summed E-state index contributed by atoms with van der Waals surface area (Å²) in [6, 6.07) is 0. The number of ether oxygens (including phenoxy) is 4. The van der Waals surface area contributed by atoms with Crippen LogP contribution in [0.2, 0.25) is 0 Å². The van der Waals surface area contributed by atoms with Gasteiger partial charge in [0.15, 0.2) is 12.2 Å². The Kier molecular flexibility index (Phi) is 71.5. The lowest BCUT2D eigenvalue weighted by Gasteiger charge is -2.21. The van der Waals surface area contributed by atoms with Crippen molar-refractivity contribution in [1.82, 2.24) is 0 Å². The molecule has 0 bridgehead atoms. The van der Waals surface area contributed by atoms with E-state index in [9.17, 15) is 43.2 Å². The first-order valence-corrected chi connectivity index (χ1v) is 46.2. The molecule has 19 heteroatoms. The Balaban J connectivity index is 5.26. The van der Waals surface area contributed by atoms with Gasteiger partial charge in [-0.05, 0) is 49.4 Å². The van der Waals surface area contributed by atoms with Crippen molar-refractivity contribution in [1.29, 1.82) is 0 Å². The molecular formula is C84H164O17P2. The number of carbonyl (C=O) groups excluding carboxylic acids is 4. The molecule has 5 atom stereocenters. The average Bonchev–Trinajstić information content (AvgIpc) is 0.908. The summed E-state index contributed by atoms with van der Waals surface area (Å²) in [5.41, 5.74) is 0. The first kappa shape index (κ1) is 101. The molecule has 0 radical (unpaired) electrons. The van der Waals surface area contributed by atoms with E-state index < -0.39 is 97.5 Å². The van der Waals surface area contributed by atoms with Gasteiger partial charge in [-0.1, -0.05) is 383 Å². The van der Waals surface area contributed by atoms with Crippen LogP contribution in [0.3, 0.4) is 0 Å². The van der Waals surface area contributed by atoms with Crippen molar-refractivity contribution in [3.05, 3.63) is 0 Å². The fraction of sp³-hybridized carbons (Fsp3) is 0.952. The predicted octanol–water partition coefficient (Wildman–Crippen LogP) is 25.2. The molecule has 0 aromatic carbocycles. The van der Waals surface area contributed by atoms with Crippen molar-refractivity contribution < 1.29 is 80.2 Å². The number of hydrogen-bond acceptors (Lipinski definition) is 15. The molecule has 0 rings (SSSR count). The molecule has 0 aromatic rings. The summed E-state index contributed by atoms with van der Waals surface area (Å²) in [5, 5.41) is 10.7. The summed E-state index contributed by atoms with van der Waals surface area (Å²) in [5.74, 6) is 1.01. The molecule has 103 heavy (non-hydrogen) atoms. The molecule has 0 fully saturated rings. The summed E-state index contributed by atoms with van der Waals surface area (Å²) in [6.45, 7) is 14.3. The van der Waals surface area contributed by atoms with Crippen LogP contribution in [0.1, 0.15) is 434 Å². The third-order valence-corrected chi connectivity index (χ3v) is 21.5. The van der Waals surface area contributed by atoms with Gasteiger partial charge >= 0.3 is 39.5 Å². The number of aliphatic hydroxyl groups is 1. The third-order valence-electron chi connectivity index (χ3n) is 19.6. The highest BCUT2D eigenvalue weighted by molar-refractivity contribution is 7.47. The van der Waals surface area contributed by atoms with Gasteiger partial charge in [-0.3, -0.25) is 37.3 Å². The van der Waals surface area contributed by atoms with Crippen LogP contribution in [0.5, 0.6) is 0 Å². The van der Waals surface area contributed by atoms with E-state index in [1.807, 2.05) is 0 Å². The molecule has 0 spiro atoms. The SMILES string of the molecule is CC(C)CCCCCCCCCCCCCCCCCC(=O)OC[C@H](COP(=O)(O)OC[C@@H](O)COP(=O)(O)OC[C@@H](COC(=O)CCCCCCCCCCC(C)C)OC(=O)CCCCCCCCCCCCCCCC(C)C)OC(=O)CCCCCCCCCCCCCCCCCC(C)C. The van der Waals surface area contributed by atoms with Crippen molar-refractivity contribution in [3.63, 3.8) is 0 Å². The van der Waals surface area contributed by atoms with E-state index in [0.717, 1.165) is 114 Å². The second-order valence-corrected chi connectivity index (χ2v) is 35.0. The number of unbranched alkanes of at least 4 members (excludes halogenated alkanes) is 47. The normalized spacial score (nSPS) is 14.0. The van der Waals surface area contributed by atoms with Crippen molar-refractivity contribution in [2.75, 3.05) is 39.6 Å². The number of esters is 4. The minimum Gasteiger partial charge on any atom is -0.462 e. The van der Waals surface area contributed by atoms with Gasteiger partial charge in [0.1, 0.15) is 19.3 Å². The molecule has 3 N–H and O–H groups in total. The van der Waals surface area contributed by atoms with Crippen LogP contribution in [0, 0.1) is 23.7 Å². The number of phosphoric acid groups is 2. The van der Waals surface area contributed by atoms with Crippen LogP contribution in [-0.4, -0.2) is 96.7 Å². The average molecular weight is 1510 g/mol. The molecule has 0 saturated carbocycles. The minimum absolute atomic E-state index is 0.106. The van der Waals surface area contributed by atoms with E-state index in [1.165, 1.54) is 238 Å². The molecule has 17 nitrogen and oxygen atoms in total. The minimum atomic E-state index is -4.97. The topological polar surface area (TPSA) is 237 Å². The maximum atomic E-state index is 13.1. The van der Waals surface area contributed by atoms with Crippen LogP contribution in [-0.2, 0) is 65.4 Å². The van der Waals surface area contributed by atoms with Crippen LogP contribution >= 0.6 is 15.6 Å². The van der Waals surface area contributed by atoms with Crippen LogP contribution in [0.25, 0.3) is 0 Å². The van der Waals surface area contributed by atoms with Crippen LogP contribution in [0.15, 0.2) is 0 Å². The molecule has 0 aliphatic carbocycles. The van der Waals surface area contributed by atoms with Crippen molar-refractivity contribution >= 4 is 39.5 Å². The monoisotopic (exact) mass is 1510 g/mol. The molecule has 0 saturated heterocycles. The Labute approximate surface area is 632 Å². The Morgan fingerprint density at radius 1 is 0.243 bits per heavy atom. The van der Waals surface area contributed by atoms with E-state index in [0.29, 0.717) is 25.7 Å². The standard InChI is InChI=1S/C84H164O17P2/c1-74(2)60-52-44-36-28-22-16-11-9-13-19-25-31-40-48-56-64-81(86)94-70-79(100-83(88)66-58-50-42-32-26-20-14-10-12-17-23-29-37-45-53-61-75(3)4)72-98-102(90,91)96-68-78(85)69-97-103(92,93)99-73-80(71-95-82(87)65-57-49-41-35-34-39-47-55-63-77(7)8)101-84(89)67-59-51-43-33-27-21-15-18-24-30-38-46-54-62-76(5)6/h74-80,85H,9-73H2,1-8H3,(H,90,91)(H,92,93)/t78-,79-,80-/m1/s1. The van der Waals surface area contributed by atoms with Gasteiger partial charge < -0.3 is 33.8 Å². The summed E-state index contributed by atoms with van der Waals surface area (Å²) < 4.78 is 68.8. The Bertz CT molecular complexity index is 2010. The Morgan fingerprint density at radius 3 is 0.602 bits per heavy atom. The predicted molar refractivity (Wildman–Crippen MR) is 423 cm³/mol. The lowest BCUT2D eigenvalue weighted by atomic mass is 10.0. The highest BCUT2D eigenvalue weighted by atomic mass is 31.2. The maximum Gasteiger partial charge on any atom is 0.472 e. The lowest BCUT2D eigenvalue weighted by molar-refractivity contribution is -0.161. The number of carbonyl (C=O) groups is 4. The molecule has 0 aliphatic rings. The number of hydrogen-bond donors (Lipinski definition) is 3. The smallest absolute Gasteiger partial charge is 0.462 e. The highest BCUT2D eigenvalue weighted by Crippen LogP contribution is 2.45. The zero-order valence-electron chi connectivity index (χ0n) is 68.0. The molecule has 0 aliphatic heterocycles. The summed E-state index contributed by atoms with van der Waals surface area (Å²) in [6.07, 6.45) is 61.0. The van der Waals surface area contributed by atoms with E-state index in [2.05, 4.69) is 55.4 Å². The van der Waals surface area contributed by atoms with E-state index in [4.69, 9.17) is 37.0 Å². The van der Waals surface area contributed by atoms with Gasteiger partial charge in [0.2, 0.25) is 0 Å². The molecule has 2 unspecified atom stereocenters.